The molecule has 6 heteroatoms. The number of nitrogens with two attached hydrogens (primary N) is 1. The van der Waals surface area contributed by atoms with Crippen LogP contribution in [-0.2, 0) is 9.53 Å². The zero-order valence-electron chi connectivity index (χ0n) is 10.6. The molecule has 1 fully saturated rings. The Kier molecular flexibility index (Phi) is 3.44. The van der Waals surface area contributed by atoms with Crippen LogP contribution in [0.3, 0.4) is 0 Å². The van der Waals surface area contributed by atoms with E-state index in [4.69, 9.17) is 10.5 Å². The molecule has 19 heavy (non-hydrogen) atoms. The molecule has 2 rings (SSSR count). The van der Waals surface area contributed by atoms with E-state index in [2.05, 4.69) is 5.32 Å². The first-order valence-corrected chi connectivity index (χ1v) is 5.94. The van der Waals surface area contributed by atoms with Crippen LogP contribution >= 0.6 is 0 Å². The van der Waals surface area contributed by atoms with E-state index in [1.54, 1.807) is 12.1 Å². The van der Waals surface area contributed by atoms with Crippen molar-refractivity contribution < 1.29 is 19.4 Å². The topological polar surface area (TPSA) is 102 Å². The summed E-state index contributed by atoms with van der Waals surface area (Å²) in [7, 11) is 0. The molecule has 1 aromatic carbocycles. The minimum atomic E-state index is -1.34. The Hall–Kier alpha value is -2.08. The van der Waals surface area contributed by atoms with Crippen molar-refractivity contribution in [3.05, 3.63) is 29.3 Å². The largest absolute Gasteiger partial charge is 0.479 e. The molecule has 102 valence electrons. The number of aliphatic carboxylic acids is 1. The van der Waals surface area contributed by atoms with Crippen molar-refractivity contribution >= 4 is 17.6 Å². The maximum atomic E-state index is 12.1. The molecule has 1 aliphatic heterocycles. The second-order valence-electron chi connectivity index (χ2n) is 4.72. The molecule has 0 saturated carbocycles. The number of hydrogen-bond donors (Lipinski definition) is 3. The van der Waals surface area contributed by atoms with Gasteiger partial charge < -0.3 is 20.9 Å². The van der Waals surface area contributed by atoms with Gasteiger partial charge in [-0.05, 0) is 24.6 Å². The van der Waals surface area contributed by atoms with Gasteiger partial charge in [-0.2, -0.15) is 0 Å². The van der Waals surface area contributed by atoms with Gasteiger partial charge in [-0.1, -0.05) is 6.07 Å². The molecule has 1 atom stereocenters. The van der Waals surface area contributed by atoms with E-state index >= 15 is 0 Å². The zero-order valence-corrected chi connectivity index (χ0v) is 10.6. The summed E-state index contributed by atoms with van der Waals surface area (Å²) in [5, 5.41) is 11.8. The summed E-state index contributed by atoms with van der Waals surface area (Å²) in [6.45, 7) is 2.14. The number of hydrogen-bond acceptors (Lipinski definition) is 4. The standard InChI is InChI=1S/C13H16N2O4/c1-8-2-3-9(6-10(8)14)11(16)15-13(12(17)18)4-5-19-7-13/h2-3,6H,4-5,7,14H2,1H3,(H,15,16)(H,17,18). The molecule has 0 aromatic heterocycles. The lowest BCUT2D eigenvalue weighted by molar-refractivity contribution is -0.144. The van der Waals surface area contributed by atoms with Gasteiger partial charge in [-0.25, -0.2) is 4.79 Å². The Bertz CT molecular complexity index is 521. The van der Waals surface area contributed by atoms with E-state index in [1.807, 2.05) is 6.92 Å². The lowest BCUT2D eigenvalue weighted by Gasteiger charge is -2.23. The first-order chi connectivity index (χ1) is 8.94. The van der Waals surface area contributed by atoms with Gasteiger partial charge in [0, 0.05) is 24.3 Å². The quantitative estimate of drug-likeness (QED) is 0.692. The number of ether oxygens (including phenoxy) is 1. The summed E-state index contributed by atoms with van der Waals surface area (Å²) >= 11 is 0. The fourth-order valence-corrected chi connectivity index (χ4v) is 1.96. The number of nitrogens with one attached hydrogen (secondary N) is 1. The number of nitrogen functional groups attached to an aromatic ring is 1. The predicted octanol–water partition coefficient (Wildman–Crippen LogP) is 0.551. The molecule has 6 nitrogen and oxygen atoms in total. The molecule has 1 saturated heterocycles. The van der Waals surface area contributed by atoms with E-state index in [0.29, 0.717) is 17.9 Å². The smallest absolute Gasteiger partial charge is 0.331 e. The molecule has 1 aromatic rings. The van der Waals surface area contributed by atoms with Crippen LogP contribution in [-0.4, -0.2) is 35.7 Å². The molecule has 0 bridgehead atoms. The second kappa shape index (κ2) is 4.89. The fourth-order valence-electron chi connectivity index (χ4n) is 1.96. The molecule has 4 N–H and O–H groups in total. The molecule has 1 amide bonds. The van der Waals surface area contributed by atoms with Crippen LogP contribution in [0.25, 0.3) is 0 Å². The SMILES string of the molecule is Cc1ccc(C(=O)NC2(C(=O)O)CCOC2)cc1N. The third-order valence-corrected chi connectivity index (χ3v) is 3.33. The molecule has 1 heterocycles. The number of benzene rings is 1. The highest BCUT2D eigenvalue weighted by molar-refractivity contribution is 5.98. The van der Waals surface area contributed by atoms with E-state index in [9.17, 15) is 14.7 Å². The molecule has 0 radical (unpaired) electrons. The van der Waals surface area contributed by atoms with Crippen LogP contribution in [0.15, 0.2) is 18.2 Å². The molecular weight excluding hydrogens is 248 g/mol. The Morgan fingerprint density at radius 1 is 1.47 bits per heavy atom. The van der Waals surface area contributed by atoms with Crippen molar-refractivity contribution in [2.45, 2.75) is 18.9 Å². The number of carbonyl (C=O) groups is 2. The maximum Gasteiger partial charge on any atom is 0.331 e. The van der Waals surface area contributed by atoms with Gasteiger partial charge in [0.2, 0.25) is 0 Å². The molecule has 0 spiro atoms. The maximum absolute atomic E-state index is 12.1. The summed E-state index contributed by atoms with van der Waals surface area (Å²) in [6.07, 6.45) is 0.259. The highest BCUT2D eigenvalue weighted by atomic mass is 16.5. The van der Waals surface area contributed by atoms with E-state index < -0.39 is 17.4 Å². The van der Waals surface area contributed by atoms with Crippen molar-refractivity contribution in [2.24, 2.45) is 0 Å². The first-order valence-electron chi connectivity index (χ1n) is 5.94. The zero-order chi connectivity index (χ0) is 14.0. The number of carboxylic acid groups (broad SMARTS) is 1. The van der Waals surface area contributed by atoms with Crippen LogP contribution in [0.2, 0.25) is 0 Å². The number of rotatable bonds is 3. The third-order valence-electron chi connectivity index (χ3n) is 3.33. The van der Waals surface area contributed by atoms with Crippen molar-refractivity contribution in [2.75, 3.05) is 18.9 Å². The van der Waals surface area contributed by atoms with Crippen molar-refractivity contribution in [1.82, 2.24) is 5.32 Å². The Morgan fingerprint density at radius 3 is 2.74 bits per heavy atom. The van der Waals surface area contributed by atoms with Crippen molar-refractivity contribution in [3.63, 3.8) is 0 Å². The van der Waals surface area contributed by atoms with Crippen LogP contribution in [0.1, 0.15) is 22.3 Å². The Labute approximate surface area is 110 Å². The van der Waals surface area contributed by atoms with E-state index in [-0.39, 0.29) is 13.0 Å². The average molecular weight is 264 g/mol. The van der Waals surface area contributed by atoms with Gasteiger partial charge in [0.15, 0.2) is 5.54 Å². The number of carbonyl (C=O) groups excluding carboxylic acids is 1. The first kappa shape index (κ1) is 13.4. The number of amides is 1. The number of aryl methyl sites for hydroxylation is 1. The van der Waals surface area contributed by atoms with Gasteiger partial charge in [0.05, 0.1) is 6.61 Å². The third kappa shape index (κ3) is 2.53. The number of anilines is 1. The van der Waals surface area contributed by atoms with E-state index in [0.717, 1.165) is 5.56 Å². The summed E-state index contributed by atoms with van der Waals surface area (Å²) in [6, 6.07) is 4.88. The van der Waals surface area contributed by atoms with Crippen LogP contribution in [0, 0.1) is 6.92 Å². The Morgan fingerprint density at radius 2 is 2.21 bits per heavy atom. The summed E-state index contributed by atoms with van der Waals surface area (Å²) in [5.74, 6) is -1.54. The lowest BCUT2D eigenvalue weighted by Crippen LogP contribution is -2.55. The summed E-state index contributed by atoms with van der Waals surface area (Å²) in [5.41, 5.74) is 6.11. The Balaban J connectivity index is 2.20. The minimum absolute atomic E-state index is 0.0184. The minimum Gasteiger partial charge on any atom is -0.479 e. The van der Waals surface area contributed by atoms with Gasteiger partial charge in [0.25, 0.3) is 5.91 Å². The summed E-state index contributed by atoms with van der Waals surface area (Å²) in [4.78, 5) is 23.4. The lowest BCUT2D eigenvalue weighted by atomic mass is 9.98. The highest BCUT2D eigenvalue weighted by Crippen LogP contribution is 2.20. The van der Waals surface area contributed by atoms with Crippen LogP contribution < -0.4 is 11.1 Å². The van der Waals surface area contributed by atoms with Gasteiger partial charge >= 0.3 is 5.97 Å². The van der Waals surface area contributed by atoms with Crippen molar-refractivity contribution in [3.8, 4) is 0 Å². The second-order valence-corrected chi connectivity index (χ2v) is 4.72. The molecule has 1 aliphatic rings. The monoisotopic (exact) mass is 264 g/mol. The molecular formula is C13H16N2O4. The van der Waals surface area contributed by atoms with Crippen LogP contribution in [0.5, 0.6) is 0 Å². The average Bonchev–Trinajstić information content (AvgIpc) is 2.82. The molecule has 0 aliphatic carbocycles. The van der Waals surface area contributed by atoms with Gasteiger partial charge in [0.1, 0.15) is 0 Å². The van der Waals surface area contributed by atoms with E-state index in [1.165, 1.54) is 6.07 Å². The van der Waals surface area contributed by atoms with Gasteiger partial charge in [-0.3, -0.25) is 4.79 Å². The normalized spacial score (nSPS) is 22.2. The fraction of sp³-hybridized carbons (Fsp3) is 0.385. The number of carboxylic acids is 1. The van der Waals surface area contributed by atoms with Crippen molar-refractivity contribution in [1.29, 1.82) is 0 Å². The predicted molar refractivity (Wildman–Crippen MR) is 68.9 cm³/mol. The van der Waals surface area contributed by atoms with Crippen LogP contribution in [0.4, 0.5) is 5.69 Å². The molecule has 1 unspecified atom stereocenters. The van der Waals surface area contributed by atoms with Gasteiger partial charge in [-0.15, -0.1) is 0 Å². The summed E-state index contributed by atoms with van der Waals surface area (Å²) < 4.78 is 5.08. The highest BCUT2D eigenvalue weighted by Gasteiger charge is 2.44.